The van der Waals surface area contributed by atoms with Gasteiger partial charge in [-0.25, -0.2) is 0 Å². The number of ether oxygens (including phenoxy) is 2. The first-order chi connectivity index (χ1) is 9.10. The van der Waals surface area contributed by atoms with E-state index in [9.17, 15) is 0 Å². The third-order valence-corrected chi connectivity index (χ3v) is 4.31. The minimum Gasteiger partial charge on any atom is -0.454 e. The van der Waals surface area contributed by atoms with Gasteiger partial charge in [-0.2, -0.15) is 0 Å². The zero-order valence-corrected chi connectivity index (χ0v) is 11.9. The summed E-state index contributed by atoms with van der Waals surface area (Å²) in [4.78, 5) is 2.47. The van der Waals surface area contributed by atoms with Crippen LogP contribution in [0.1, 0.15) is 26.7 Å². The molecule has 4 nitrogen and oxygen atoms in total. The SMILES string of the molecule is CNC1CCC(C)(C)N(c2ccc3c(c2)OCO3)C1. The summed E-state index contributed by atoms with van der Waals surface area (Å²) in [6, 6.07) is 6.80. The first kappa shape index (κ1) is 12.6. The third-order valence-electron chi connectivity index (χ3n) is 4.31. The molecule has 1 atom stereocenters. The zero-order chi connectivity index (χ0) is 13.5. The van der Waals surface area contributed by atoms with Crippen molar-refractivity contribution in [2.24, 2.45) is 0 Å². The average Bonchev–Trinajstić information content (AvgIpc) is 2.85. The van der Waals surface area contributed by atoms with E-state index in [1.165, 1.54) is 18.5 Å². The van der Waals surface area contributed by atoms with E-state index >= 15 is 0 Å². The molecule has 0 radical (unpaired) electrons. The maximum atomic E-state index is 5.49. The van der Waals surface area contributed by atoms with Gasteiger partial charge in [-0.3, -0.25) is 0 Å². The molecule has 0 aliphatic carbocycles. The van der Waals surface area contributed by atoms with E-state index in [1.807, 2.05) is 13.1 Å². The highest BCUT2D eigenvalue weighted by Gasteiger charge is 2.34. The fourth-order valence-corrected chi connectivity index (χ4v) is 2.96. The zero-order valence-electron chi connectivity index (χ0n) is 11.9. The number of hydrogen-bond acceptors (Lipinski definition) is 4. The topological polar surface area (TPSA) is 33.7 Å². The van der Waals surface area contributed by atoms with Crippen molar-refractivity contribution >= 4 is 5.69 Å². The molecule has 3 rings (SSSR count). The molecule has 2 aliphatic heterocycles. The molecule has 0 amide bonds. The van der Waals surface area contributed by atoms with Gasteiger partial charge >= 0.3 is 0 Å². The summed E-state index contributed by atoms with van der Waals surface area (Å²) in [5.41, 5.74) is 1.40. The van der Waals surface area contributed by atoms with E-state index in [4.69, 9.17) is 9.47 Å². The van der Waals surface area contributed by atoms with Crippen LogP contribution in [0.2, 0.25) is 0 Å². The van der Waals surface area contributed by atoms with Gasteiger partial charge in [-0.1, -0.05) is 0 Å². The Morgan fingerprint density at radius 3 is 2.84 bits per heavy atom. The van der Waals surface area contributed by atoms with Crippen LogP contribution in [0.5, 0.6) is 11.5 Å². The normalized spacial score (nSPS) is 24.6. The van der Waals surface area contributed by atoms with Crippen LogP contribution < -0.4 is 19.7 Å². The second-order valence-corrected chi connectivity index (χ2v) is 5.98. The highest BCUT2D eigenvalue weighted by Crippen LogP contribution is 2.39. The predicted molar refractivity (Wildman–Crippen MR) is 76.1 cm³/mol. The van der Waals surface area contributed by atoms with Crippen molar-refractivity contribution in [3.8, 4) is 11.5 Å². The van der Waals surface area contributed by atoms with E-state index in [-0.39, 0.29) is 5.54 Å². The van der Waals surface area contributed by atoms with Gasteiger partial charge in [0.2, 0.25) is 6.79 Å². The molecule has 0 saturated carbocycles. The molecular formula is C15H22N2O2. The fraction of sp³-hybridized carbons (Fsp3) is 0.600. The maximum Gasteiger partial charge on any atom is 0.231 e. The summed E-state index contributed by atoms with van der Waals surface area (Å²) in [6.07, 6.45) is 2.41. The van der Waals surface area contributed by atoms with Crippen LogP contribution in [0.15, 0.2) is 18.2 Å². The molecule has 1 saturated heterocycles. The smallest absolute Gasteiger partial charge is 0.231 e. The highest BCUT2D eigenvalue weighted by molar-refractivity contribution is 5.58. The number of rotatable bonds is 2. The minimum atomic E-state index is 0.182. The average molecular weight is 262 g/mol. The monoisotopic (exact) mass is 262 g/mol. The third kappa shape index (κ3) is 2.25. The fourth-order valence-electron chi connectivity index (χ4n) is 2.96. The summed E-state index contributed by atoms with van der Waals surface area (Å²) in [5, 5.41) is 3.40. The Bertz CT molecular complexity index is 473. The van der Waals surface area contributed by atoms with Crippen molar-refractivity contribution in [1.82, 2.24) is 5.32 Å². The standard InChI is InChI=1S/C15H22N2O2/c1-15(2)7-6-11(16-3)9-17(15)12-4-5-13-14(8-12)19-10-18-13/h4-5,8,11,16H,6-7,9-10H2,1-3H3. The molecule has 4 heteroatoms. The number of likely N-dealkylation sites (N-methyl/N-ethyl adjacent to an activating group) is 1. The molecule has 1 unspecified atom stereocenters. The van der Waals surface area contributed by atoms with Crippen LogP contribution in [-0.2, 0) is 0 Å². The molecule has 104 valence electrons. The van der Waals surface area contributed by atoms with E-state index < -0.39 is 0 Å². The maximum absolute atomic E-state index is 5.49. The number of piperidine rings is 1. The van der Waals surface area contributed by atoms with Crippen molar-refractivity contribution < 1.29 is 9.47 Å². The van der Waals surface area contributed by atoms with Crippen LogP contribution in [0.25, 0.3) is 0 Å². The first-order valence-electron chi connectivity index (χ1n) is 6.95. The number of fused-ring (bicyclic) bond motifs is 1. The van der Waals surface area contributed by atoms with Crippen molar-refractivity contribution in [2.75, 3.05) is 25.3 Å². The summed E-state index contributed by atoms with van der Waals surface area (Å²) in [5.74, 6) is 1.71. The molecule has 0 bridgehead atoms. The molecule has 1 N–H and O–H groups in total. The summed E-state index contributed by atoms with van der Waals surface area (Å²) in [7, 11) is 2.04. The Kier molecular flexibility index (Phi) is 3.05. The molecular weight excluding hydrogens is 240 g/mol. The molecule has 2 aliphatic rings. The number of nitrogens with one attached hydrogen (secondary N) is 1. The molecule has 1 aromatic rings. The largest absolute Gasteiger partial charge is 0.454 e. The van der Waals surface area contributed by atoms with Gasteiger partial charge in [0.15, 0.2) is 11.5 Å². The Morgan fingerprint density at radius 1 is 1.26 bits per heavy atom. The van der Waals surface area contributed by atoms with Gasteiger partial charge in [-0.05, 0) is 45.9 Å². The van der Waals surface area contributed by atoms with Gasteiger partial charge in [-0.15, -0.1) is 0 Å². The van der Waals surface area contributed by atoms with E-state index in [1.54, 1.807) is 0 Å². The van der Waals surface area contributed by atoms with Crippen molar-refractivity contribution in [1.29, 1.82) is 0 Å². The van der Waals surface area contributed by atoms with E-state index in [0.29, 0.717) is 12.8 Å². The van der Waals surface area contributed by atoms with Crippen molar-refractivity contribution in [2.45, 2.75) is 38.3 Å². The summed E-state index contributed by atoms with van der Waals surface area (Å²) < 4.78 is 10.9. The molecule has 1 fully saturated rings. The summed E-state index contributed by atoms with van der Waals surface area (Å²) in [6.45, 7) is 5.98. The Labute approximate surface area is 114 Å². The molecule has 0 aromatic heterocycles. The van der Waals surface area contributed by atoms with Gasteiger partial charge < -0.3 is 19.7 Å². The Morgan fingerprint density at radius 2 is 2.05 bits per heavy atom. The summed E-state index contributed by atoms with van der Waals surface area (Å²) >= 11 is 0. The van der Waals surface area contributed by atoms with Gasteiger partial charge in [0.05, 0.1) is 0 Å². The number of anilines is 1. The lowest BCUT2D eigenvalue weighted by molar-refractivity contribution is 0.174. The lowest BCUT2D eigenvalue weighted by Crippen LogP contribution is -2.55. The van der Waals surface area contributed by atoms with E-state index in [2.05, 4.69) is 36.2 Å². The van der Waals surface area contributed by atoms with Crippen molar-refractivity contribution in [3.63, 3.8) is 0 Å². The quantitative estimate of drug-likeness (QED) is 0.887. The predicted octanol–water partition coefficient (Wildman–Crippen LogP) is 2.38. The first-order valence-corrected chi connectivity index (χ1v) is 6.95. The van der Waals surface area contributed by atoms with Gasteiger partial charge in [0.1, 0.15) is 0 Å². The van der Waals surface area contributed by atoms with Gasteiger partial charge in [0, 0.05) is 29.9 Å². The Balaban J connectivity index is 1.90. The van der Waals surface area contributed by atoms with Gasteiger partial charge in [0.25, 0.3) is 0 Å². The highest BCUT2D eigenvalue weighted by atomic mass is 16.7. The van der Waals surface area contributed by atoms with Crippen molar-refractivity contribution in [3.05, 3.63) is 18.2 Å². The van der Waals surface area contributed by atoms with Crippen LogP contribution in [0.3, 0.4) is 0 Å². The number of nitrogens with zero attached hydrogens (tertiary/aromatic N) is 1. The van der Waals surface area contributed by atoms with Crippen LogP contribution in [-0.4, -0.2) is 32.0 Å². The second-order valence-electron chi connectivity index (χ2n) is 5.98. The van der Waals surface area contributed by atoms with Crippen LogP contribution >= 0.6 is 0 Å². The lowest BCUT2D eigenvalue weighted by atomic mass is 9.87. The molecule has 1 aromatic carbocycles. The molecule has 0 spiro atoms. The molecule has 2 heterocycles. The van der Waals surface area contributed by atoms with Crippen LogP contribution in [0.4, 0.5) is 5.69 Å². The second kappa shape index (κ2) is 4.60. The lowest BCUT2D eigenvalue weighted by Gasteiger charge is -2.47. The minimum absolute atomic E-state index is 0.182. The number of benzene rings is 1. The molecule has 19 heavy (non-hydrogen) atoms. The Hall–Kier alpha value is -1.42. The van der Waals surface area contributed by atoms with E-state index in [0.717, 1.165) is 18.0 Å². The number of hydrogen-bond donors (Lipinski definition) is 1. The van der Waals surface area contributed by atoms with Crippen LogP contribution in [0, 0.1) is 0 Å².